The normalized spacial score (nSPS) is 11.1. The molecule has 2 aromatic rings. The van der Waals surface area contributed by atoms with Crippen molar-refractivity contribution in [3.63, 3.8) is 0 Å². The van der Waals surface area contributed by atoms with Crippen molar-refractivity contribution in [2.45, 2.75) is 39.4 Å². The molecule has 0 unspecified atom stereocenters. The third kappa shape index (κ3) is 3.67. The Bertz CT molecular complexity index is 462. The molecule has 0 saturated heterocycles. The molecule has 18 heavy (non-hydrogen) atoms. The summed E-state index contributed by atoms with van der Waals surface area (Å²) >= 11 is 0. The highest BCUT2D eigenvalue weighted by Gasteiger charge is 2.03. The van der Waals surface area contributed by atoms with Crippen LogP contribution in [0.3, 0.4) is 0 Å². The molecule has 4 nitrogen and oxygen atoms in total. The van der Waals surface area contributed by atoms with E-state index >= 15 is 0 Å². The Balaban J connectivity index is 1.91. The molecule has 0 aromatic carbocycles. The van der Waals surface area contributed by atoms with E-state index in [0.29, 0.717) is 6.04 Å². The molecule has 2 rings (SSSR count). The van der Waals surface area contributed by atoms with Crippen LogP contribution >= 0.6 is 0 Å². The maximum atomic E-state index is 4.39. The molecular formula is C14H20N4. The van der Waals surface area contributed by atoms with Gasteiger partial charge in [0.15, 0.2) is 0 Å². The number of aryl methyl sites for hydroxylation is 2. The van der Waals surface area contributed by atoms with E-state index in [9.17, 15) is 0 Å². The van der Waals surface area contributed by atoms with Gasteiger partial charge in [0.1, 0.15) is 5.82 Å². The van der Waals surface area contributed by atoms with Crippen LogP contribution in [-0.4, -0.2) is 20.6 Å². The van der Waals surface area contributed by atoms with E-state index in [0.717, 1.165) is 25.3 Å². The van der Waals surface area contributed by atoms with Crippen LogP contribution in [0.15, 0.2) is 36.9 Å². The average Bonchev–Trinajstić information content (AvgIpc) is 2.82. The lowest BCUT2D eigenvalue weighted by Crippen LogP contribution is -2.24. The van der Waals surface area contributed by atoms with E-state index in [2.05, 4.69) is 45.8 Å². The minimum absolute atomic E-state index is 0.482. The molecule has 0 fully saturated rings. The van der Waals surface area contributed by atoms with Gasteiger partial charge in [0, 0.05) is 37.4 Å². The highest BCUT2D eigenvalue weighted by molar-refractivity contribution is 5.09. The summed E-state index contributed by atoms with van der Waals surface area (Å²) in [6.45, 7) is 6.06. The van der Waals surface area contributed by atoms with Crippen molar-refractivity contribution in [3.05, 3.63) is 48.3 Å². The van der Waals surface area contributed by atoms with Crippen molar-refractivity contribution < 1.29 is 0 Å². The summed E-state index contributed by atoms with van der Waals surface area (Å²) in [5.41, 5.74) is 1.31. The Morgan fingerprint density at radius 1 is 1.22 bits per heavy atom. The number of imidazole rings is 1. The van der Waals surface area contributed by atoms with Gasteiger partial charge in [-0.3, -0.25) is 4.98 Å². The highest BCUT2D eigenvalue weighted by atomic mass is 15.1. The SMILES string of the molecule is CC(C)NCc1nccn1CCc1ccncc1. The fraction of sp³-hybridized carbons (Fsp3) is 0.429. The summed E-state index contributed by atoms with van der Waals surface area (Å²) < 4.78 is 2.20. The first-order valence-electron chi connectivity index (χ1n) is 6.38. The number of aromatic nitrogens is 3. The second kappa shape index (κ2) is 6.31. The maximum absolute atomic E-state index is 4.39. The van der Waals surface area contributed by atoms with Crippen LogP contribution in [0.4, 0.5) is 0 Å². The van der Waals surface area contributed by atoms with Gasteiger partial charge < -0.3 is 9.88 Å². The number of nitrogens with zero attached hydrogens (tertiary/aromatic N) is 3. The molecule has 0 aliphatic rings. The molecule has 0 spiro atoms. The minimum atomic E-state index is 0.482. The summed E-state index contributed by atoms with van der Waals surface area (Å²) in [6.07, 6.45) is 8.59. The van der Waals surface area contributed by atoms with Crippen LogP contribution in [-0.2, 0) is 19.5 Å². The number of pyridine rings is 1. The van der Waals surface area contributed by atoms with Gasteiger partial charge in [0.05, 0.1) is 6.54 Å². The Morgan fingerprint density at radius 2 is 2.00 bits per heavy atom. The van der Waals surface area contributed by atoms with Crippen molar-refractivity contribution in [2.24, 2.45) is 0 Å². The Hall–Kier alpha value is -1.68. The van der Waals surface area contributed by atoms with Gasteiger partial charge in [-0.2, -0.15) is 0 Å². The fourth-order valence-corrected chi connectivity index (χ4v) is 1.81. The molecule has 0 aliphatic carbocycles. The largest absolute Gasteiger partial charge is 0.334 e. The standard InChI is InChI=1S/C14H20N4/c1-12(2)17-11-14-16-8-10-18(14)9-5-13-3-6-15-7-4-13/h3-4,6-8,10,12,17H,5,9,11H2,1-2H3. The lowest BCUT2D eigenvalue weighted by molar-refractivity contribution is 0.544. The van der Waals surface area contributed by atoms with E-state index in [1.165, 1.54) is 5.56 Å². The van der Waals surface area contributed by atoms with Crippen LogP contribution in [0.25, 0.3) is 0 Å². The van der Waals surface area contributed by atoms with Crippen molar-refractivity contribution in [1.29, 1.82) is 0 Å². The highest BCUT2D eigenvalue weighted by Crippen LogP contribution is 2.03. The first-order chi connectivity index (χ1) is 8.75. The molecule has 2 aromatic heterocycles. The topological polar surface area (TPSA) is 42.7 Å². The van der Waals surface area contributed by atoms with Crippen molar-refractivity contribution >= 4 is 0 Å². The molecule has 4 heteroatoms. The van der Waals surface area contributed by atoms with Gasteiger partial charge in [-0.1, -0.05) is 13.8 Å². The van der Waals surface area contributed by atoms with E-state index in [4.69, 9.17) is 0 Å². The third-order valence-electron chi connectivity index (χ3n) is 2.86. The fourth-order valence-electron chi connectivity index (χ4n) is 1.81. The zero-order valence-corrected chi connectivity index (χ0v) is 11.0. The van der Waals surface area contributed by atoms with E-state index in [1.807, 2.05) is 24.8 Å². The predicted molar refractivity (Wildman–Crippen MR) is 72.1 cm³/mol. The third-order valence-corrected chi connectivity index (χ3v) is 2.86. The Kier molecular flexibility index (Phi) is 4.47. The Morgan fingerprint density at radius 3 is 2.72 bits per heavy atom. The van der Waals surface area contributed by atoms with Gasteiger partial charge in [0.25, 0.3) is 0 Å². The molecule has 0 saturated carbocycles. The average molecular weight is 244 g/mol. The number of rotatable bonds is 6. The summed E-state index contributed by atoms with van der Waals surface area (Å²) in [5.74, 6) is 1.10. The second-order valence-corrected chi connectivity index (χ2v) is 4.68. The first-order valence-corrected chi connectivity index (χ1v) is 6.38. The van der Waals surface area contributed by atoms with Crippen LogP contribution in [0.1, 0.15) is 25.2 Å². The van der Waals surface area contributed by atoms with Gasteiger partial charge in [-0.15, -0.1) is 0 Å². The number of hydrogen-bond donors (Lipinski definition) is 1. The molecule has 0 bridgehead atoms. The number of nitrogens with one attached hydrogen (secondary N) is 1. The molecule has 0 aliphatic heterocycles. The Labute approximate surface area is 108 Å². The van der Waals surface area contributed by atoms with Gasteiger partial charge in [0.2, 0.25) is 0 Å². The van der Waals surface area contributed by atoms with Crippen LogP contribution in [0, 0.1) is 0 Å². The van der Waals surface area contributed by atoms with Crippen LogP contribution in [0.5, 0.6) is 0 Å². The molecule has 0 atom stereocenters. The summed E-state index contributed by atoms with van der Waals surface area (Å²) in [4.78, 5) is 8.42. The molecular weight excluding hydrogens is 224 g/mol. The van der Waals surface area contributed by atoms with Gasteiger partial charge in [-0.25, -0.2) is 4.98 Å². The van der Waals surface area contributed by atoms with E-state index in [1.54, 1.807) is 0 Å². The molecule has 96 valence electrons. The van der Waals surface area contributed by atoms with Crippen molar-refractivity contribution in [1.82, 2.24) is 19.9 Å². The maximum Gasteiger partial charge on any atom is 0.122 e. The molecule has 0 amide bonds. The molecule has 2 heterocycles. The summed E-state index contributed by atoms with van der Waals surface area (Å²) in [7, 11) is 0. The minimum Gasteiger partial charge on any atom is -0.334 e. The lowest BCUT2D eigenvalue weighted by Gasteiger charge is -2.10. The molecule has 0 radical (unpaired) electrons. The second-order valence-electron chi connectivity index (χ2n) is 4.68. The van der Waals surface area contributed by atoms with Crippen LogP contribution in [0.2, 0.25) is 0 Å². The molecule has 1 N–H and O–H groups in total. The summed E-state index contributed by atoms with van der Waals surface area (Å²) in [6, 6.07) is 4.60. The van der Waals surface area contributed by atoms with Gasteiger partial charge in [-0.05, 0) is 24.1 Å². The first kappa shape index (κ1) is 12.8. The van der Waals surface area contributed by atoms with Gasteiger partial charge >= 0.3 is 0 Å². The summed E-state index contributed by atoms with van der Waals surface area (Å²) in [5, 5.41) is 3.39. The van der Waals surface area contributed by atoms with Crippen LogP contribution < -0.4 is 5.32 Å². The van der Waals surface area contributed by atoms with Crippen molar-refractivity contribution in [3.8, 4) is 0 Å². The van der Waals surface area contributed by atoms with E-state index < -0.39 is 0 Å². The van der Waals surface area contributed by atoms with Crippen molar-refractivity contribution in [2.75, 3.05) is 0 Å². The quantitative estimate of drug-likeness (QED) is 0.845. The van der Waals surface area contributed by atoms with E-state index in [-0.39, 0.29) is 0 Å². The number of hydrogen-bond acceptors (Lipinski definition) is 3. The smallest absolute Gasteiger partial charge is 0.122 e. The predicted octanol–water partition coefficient (Wildman–Crippen LogP) is 2.02. The zero-order chi connectivity index (χ0) is 12.8. The lowest BCUT2D eigenvalue weighted by atomic mass is 10.2. The zero-order valence-electron chi connectivity index (χ0n) is 11.0. The monoisotopic (exact) mass is 244 g/mol.